The summed E-state index contributed by atoms with van der Waals surface area (Å²) in [5, 5.41) is 19.5. The van der Waals surface area contributed by atoms with Gasteiger partial charge in [0.1, 0.15) is 6.04 Å². The van der Waals surface area contributed by atoms with E-state index in [0.29, 0.717) is 23.6 Å². The molecular formula is C27H25ClF3N7O7. The Hall–Kier alpha value is -5.19. The first-order valence-corrected chi connectivity index (χ1v) is 13.4. The third kappa shape index (κ3) is 9.15. The van der Waals surface area contributed by atoms with E-state index in [1.807, 2.05) is 17.4 Å². The lowest BCUT2D eigenvalue weighted by Gasteiger charge is -2.19. The van der Waals surface area contributed by atoms with Crippen LogP contribution in [0.25, 0.3) is 0 Å². The van der Waals surface area contributed by atoms with Crippen LogP contribution >= 0.6 is 11.6 Å². The number of amides is 2. The number of ether oxygens (including phenoxy) is 2. The quantitative estimate of drug-likeness (QED) is 0.142. The lowest BCUT2D eigenvalue weighted by Crippen LogP contribution is -2.49. The number of carboxylic acid groups (broad SMARTS) is 1. The van der Waals surface area contributed by atoms with Crippen LogP contribution in [0, 0.1) is 0 Å². The van der Waals surface area contributed by atoms with Crippen molar-refractivity contribution < 1.29 is 46.9 Å². The molecule has 1 atom stereocenters. The normalized spacial score (nSPS) is 14.0. The highest BCUT2D eigenvalue weighted by Crippen LogP contribution is 2.48. The van der Waals surface area contributed by atoms with Gasteiger partial charge in [-0.25, -0.2) is 9.59 Å². The molecule has 1 fully saturated rings. The zero-order valence-corrected chi connectivity index (χ0v) is 24.0. The molecule has 0 radical (unpaired) electrons. The van der Waals surface area contributed by atoms with E-state index >= 15 is 0 Å². The molecule has 2 amide bonds. The highest BCUT2D eigenvalue weighted by atomic mass is 35.5. The summed E-state index contributed by atoms with van der Waals surface area (Å²) in [5.74, 6) is -5.05. The molecular weight excluding hydrogens is 627 g/mol. The summed E-state index contributed by atoms with van der Waals surface area (Å²) in [5.41, 5.74) is 0.706. The van der Waals surface area contributed by atoms with Crippen molar-refractivity contribution >= 4 is 52.9 Å². The largest absolute Gasteiger partial charge is 0.474 e. The highest BCUT2D eigenvalue weighted by Gasteiger charge is 2.45. The van der Waals surface area contributed by atoms with Crippen molar-refractivity contribution in [2.24, 2.45) is 0 Å². The number of nitrogens with zero attached hydrogens (tertiary/aromatic N) is 3. The van der Waals surface area contributed by atoms with Crippen LogP contribution in [0.15, 0.2) is 48.5 Å². The number of benzene rings is 2. The van der Waals surface area contributed by atoms with E-state index in [1.165, 1.54) is 24.3 Å². The maximum atomic E-state index is 12.8. The average molecular weight is 652 g/mol. The highest BCUT2D eigenvalue weighted by molar-refractivity contribution is 6.31. The molecule has 1 heterocycles. The SMILES string of the molecule is COC(=O)[C@H](CNC(=O)C(=O)O)NC(=O)c1ccc(Nc2nc(NC3(c4ccc(Cl)cc4)CC3)nc(OCC(F)(F)F)n2)cc1. The molecule has 2 aromatic carbocycles. The number of anilines is 3. The van der Waals surface area contributed by atoms with Gasteiger partial charge in [-0.3, -0.25) is 9.59 Å². The molecule has 14 nitrogen and oxygen atoms in total. The van der Waals surface area contributed by atoms with E-state index in [-0.39, 0.29) is 17.5 Å². The van der Waals surface area contributed by atoms with E-state index in [0.717, 1.165) is 12.7 Å². The summed E-state index contributed by atoms with van der Waals surface area (Å²) in [4.78, 5) is 58.9. The van der Waals surface area contributed by atoms with Gasteiger partial charge in [-0.1, -0.05) is 23.7 Å². The molecule has 1 saturated carbocycles. The number of hydrogen-bond acceptors (Lipinski definition) is 11. The Morgan fingerprint density at radius 3 is 2.22 bits per heavy atom. The smallest absolute Gasteiger partial charge is 0.422 e. The number of alkyl halides is 3. The predicted octanol–water partition coefficient (Wildman–Crippen LogP) is 2.78. The molecule has 45 heavy (non-hydrogen) atoms. The van der Waals surface area contributed by atoms with Gasteiger partial charge in [-0.15, -0.1) is 0 Å². The van der Waals surface area contributed by atoms with Gasteiger partial charge in [0.25, 0.3) is 5.91 Å². The third-order valence-electron chi connectivity index (χ3n) is 6.33. The summed E-state index contributed by atoms with van der Waals surface area (Å²) >= 11 is 5.99. The number of carbonyl (C=O) groups is 4. The van der Waals surface area contributed by atoms with E-state index < -0.39 is 60.7 Å². The standard InChI is InChI=1S/C27H25ClF3N7O7/c1-44-22(43)18(12-32-20(40)21(41)42)34-19(39)14-2-8-17(9-3-14)33-23-35-24(37-25(36-23)45-13-27(29,30)31)38-26(10-11-26)15-4-6-16(28)7-5-15/h2-9,18H,10-13H2,1H3,(H,32,40)(H,34,39)(H,41,42)(H2,33,35,36,37,38)/t18-/m0/s1. The van der Waals surface area contributed by atoms with Crippen LogP contribution in [0.5, 0.6) is 6.01 Å². The lowest BCUT2D eigenvalue weighted by molar-refractivity contribution is -0.154. The fraction of sp³-hybridized carbons (Fsp3) is 0.296. The molecule has 0 saturated heterocycles. The number of rotatable bonds is 12. The first-order chi connectivity index (χ1) is 21.3. The molecule has 18 heteroatoms. The van der Waals surface area contributed by atoms with Crippen LogP contribution in [0.3, 0.4) is 0 Å². The minimum atomic E-state index is -4.64. The minimum absolute atomic E-state index is 0.0445. The number of carboxylic acids is 1. The second kappa shape index (κ2) is 13.6. The van der Waals surface area contributed by atoms with Gasteiger partial charge in [0.05, 0.1) is 12.6 Å². The second-order valence-corrected chi connectivity index (χ2v) is 10.1. The lowest BCUT2D eigenvalue weighted by atomic mass is 10.1. The first kappa shape index (κ1) is 32.7. The summed E-state index contributed by atoms with van der Waals surface area (Å²) in [7, 11) is 1.05. The number of esters is 1. The Labute approximate surface area is 257 Å². The maximum absolute atomic E-state index is 12.8. The molecule has 0 aliphatic heterocycles. The van der Waals surface area contributed by atoms with Gasteiger partial charge in [0, 0.05) is 22.8 Å². The molecule has 4 rings (SSSR count). The molecule has 5 N–H and O–H groups in total. The summed E-state index contributed by atoms with van der Waals surface area (Å²) in [6.45, 7) is -2.18. The monoisotopic (exact) mass is 651 g/mol. The molecule has 0 spiro atoms. The van der Waals surface area contributed by atoms with E-state index in [1.54, 1.807) is 12.1 Å². The van der Waals surface area contributed by atoms with Crippen LogP contribution < -0.4 is 26.0 Å². The number of methoxy groups -OCH3 is 1. The molecule has 0 bridgehead atoms. The number of aromatic nitrogens is 3. The van der Waals surface area contributed by atoms with Crippen molar-refractivity contribution in [2.75, 3.05) is 30.9 Å². The van der Waals surface area contributed by atoms with Crippen molar-refractivity contribution in [2.45, 2.75) is 30.6 Å². The van der Waals surface area contributed by atoms with Crippen molar-refractivity contribution in [3.05, 3.63) is 64.7 Å². The number of carbonyl (C=O) groups excluding carboxylic acids is 3. The van der Waals surface area contributed by atoms with Gasteiger partial charge >= 0.3 is 30.0 Å². The van der Waals surface area contributed by atoms with Crippen LogP contribution in [-0.2, 0) is 24.7 Å². The molecule has 1 aromatic heterocycles. The van der Waals surface area contributed by atoms with Gasteiger partial charge in [-0.05, 0) is 54.8 Å². The Morgan fingerprint density at radius 1 is 1.00 bits per heavy atom. The zero-order valence-electron chi connectivity index (χ0n) is 23.3. The van der Waals surface area contributed by atoms with Gasteiger partial charge in [-0.2, -0.15) is 28.1 Å². The third-order valence-corrected chi connectivity index (χ3v) is 6.58. The van der Waals surface area contributed by atoms with Gasteiger partial charge < -0.3 is 35.8 Å². The molecule has 0 unspecified atom stereocenters. The van der Waals surface area contributed by atoms with E-state index in [4.69, 9.17) is 21.4 Å². The van der Waals surface area contributed by atoms with Crippen molar-refractivity contribution in [1.82, 2.24) is 25.6 Å². The van der Waals surface area contributed by atoms with Gasteiger partial charge in [0.2, 0.25) is 11.9 Å². The summed E-state index contributed by atoms with van der Waals surface area (Å²) in [6.07, 6.45) is -3.23. The number of hydrogen-bond donors (Lipinski definition) is 5. The van der Waals surface area contributed by atoms with Crippen LogP contribution in [0.1, 0.15) is 28.8 Å². The Morgan fingerprint density at radius 2 is 1.64 bits per heavy atom. The van der Waals surface area contributed by atoms with Crippen molar-refractivity contribution in [1.29, 1.82) is 0 Å². The van der Waals surface area contributed by atoms with E-state index in [2.05, 4.69) is 35.6 Å². The van der Waals surface area contributed by atoms with Crippen LogP contribution in [0.4, 0.5) is 30.8 Å². The Kier molecular flexibility index (Phi) is 9.91. The minimum Gasteiger partial charge on any atom is -0.474 e. The summed E-state index contributed by atoms with van der Waals surface area (Å²) in [6, 6.07) is 10.7. The van der Waals surface area contributed by atoms with Crippen LogP contribution in [0.2, 0.25) is 5.02 Å². The van der Waals surface area contributed by atoms with Gasteiger partial charge in [0.15, 0.2) is 6.61 Å². The number of aliphatic carboxylic acids is 1. The Balaban J connectivity index is 1.49. The fourth-order valence-corrected chi connectivity index (χ4v) is 4.08. The number of halogens is 4. The maximum Gasteiger partial charge on any atom is 0.422 e. The summed E-state index contributed by atoms with van der Waals surface area (Å²) < 4.78 is 47.9. The fourth-order valence-electron chi connectivity index (χ4n) is 3.95. The average Bonchev–Trinajstić information content (AvgIpc) is 3.78. The van der Waals surface area contributed by atoms with Crippen molar-refractivity contribution in [3.63, 3.8) is 0 Å². The van der Waals surface area contributed by atoms with Crippen LogP contribution in [-0.4, -0.2) is 76.3 Å². The topological polar surface area (TPSA) is 194 Å². The zero-order chi connectivity index (χ0) is 32.8. The molecule has 1 aliphatic carbocycles. The Bertz CT molecular complexity index is 1570. The predicted molar refractivity (Wildman–Crippen MR) is 151 cm³/mol. The molecule has 1 aliphatic rings. The number of nitrogens with one attached hydrogen (secondary N) is 4. The molecule has 238 valence electrons. The molecule has 3 aromatic rings. The second-order valence-electron chi connectivity index (χ2n) is 9.65. The first-order valence-electron chi connectivity index (χ1n) is 13.0. The van der Waals surface area contributed by atoms with Crippen molar-refractivity contribution in [3.8, 4) is 6.01 Å². The van der Waals surface area contributed by atoms with E-state index in [9.17, 15) is 32.3 Å².